The Kier molecular flexibility index (Phi) is 6.92. The summed E-state index contributed by atoms with van der Waals surface area (Å²) < 4.78 is 12.7. The van der Waals surface area contributed by atoms with Gasteiger partial charge >= 0.3 is 6.09 Å². The summed E-state index contributed by atoms with van der Waals surface area (Å²) in [6.45, 7) is 5.47. The van der Waals surface area contributed by atoms with Gasteiger partial charge in [0.2, 0.25) is 5.91 Å². The molecule has 2 amide bonds. The van der Waals surface area contributed by atoms with Crippen LogP contribution in [0.1, 0.15) is 36.8 Å². The van der Waals surface area contributed by atoms with Gasteiger partial charge < -0.3 is 44.9 Å². The van der Waals surface area contributed by atoms with Crippen molar-refractivity contribution < 1.29 is 43.3 Å². The fourth-order valence-electron chi connectivity index (χ4n) is 7.43. The predicted octanol–water partition coefficient (Wildman–Crippen LogP) is -1.25. The lowest BCUT2D eigenvalue weighted by Gasteiger charge is -2.64. The van der Waals surface area contributed by atoms with Crippen LogP contribution in [0, 0.1) is 0 Å². The van der Waals surface area contributed by atoms with Gasteiger partial charge in [0.15, 0.2) is 23.4 Å². The third-order valence-corrected chi connectivity index (χ3v) is 9.41. The Morgan fingerprint density at radius 3 is 2.85 bits per heavy atom. The van der Waals surface area contributed by atoms with Gasteiger partial charge in [-0.05, 0) is 24.1 Å². The number of carboxylic acids is 1. The first-order valence-corrected chi connectivity index (χ1v) is 13.6. The molecule has 1 saturated carbocycles. The number of carboxylic acid groups (broad SMARTS) is 1. The highest BCUT2D eigenvalue weighted by molar-refractivity contribution is 5.90. The van der Waals surface area contributed by atoms with E-state index in [1.807, 2.05) is 12.1 Å². The Balaban J connectivity index is 1.37. The minimum Gasteiger partial charge on any atom is -0.550 e. The quantitative estimate of drug-likeness (QED) is 0.248. The Morgan fingerprint density at radius 1 is 1.40 bits per heavy atom. The van der Waals surface area contributed by atoms with Crippen LogP contribution in [-0.4, -0.2) is 102 Å². The topological polar surface area (TPSA) is 171 Å². The highest BCUT2D eigenvalue weighted by Gasteiger charge is 2.76. The number of quaternary nitrogens is 1. The normalized spacial score (nSPS) is 31.9. The summed E-state index contributed by atoms with van der Waals surface area (Å²) in [6, 6.07) is 2.17. The first-order chi connectivity index (χ1) is 18.9. The first kappa shape index (κ1) is 28.1. The lowest BCUT2D eigenvalue weighted by molar-refractivity contribution is -0.944. The summed E-state index contributed by atoms with van der Waals surface area (Å²) in [6.07, 6.45) is 1.43. The average molecular weight is 557 g/mol. The summed E-state index contributed by atoms with van der Waals surface area (Å²) >= 11 is 0. The number of carbonyl (C=O) groups is 4. The van der Waals surface area contributed by atoms with Crippen LogP contribution in [0.2, 0.25) is 0 Å². The van der Waals surface area contributed by atoms with E-state index in [4.69, 9.17) is 15.2 Å². The maximum atomic E-state index is 13.2. The number of amides is 2. The van der Waals surface area contributed by atoms with Crippen LogP contribution in [-0.2, 0) is 26.2 Å². The molecule has 1 unspecified atom stereocenters. The Bertz CT molecular complexity index is 1290. The zero-order valence-electron chi connectivity index (χ0n) is 22.8. The molecule has 216 valence electrons. The number of benzene rings is 1. The summed E-state index contributed by atoms with van der Waals surface area (Å²) in [5.41, 5.74) is 5.21. The lowest BCUT2D eigenvalue weighted by Crippen LogP contribution is -2.80. The number of likely N-dealkylation sites (N-methyl/N-ethyl adjacent to an activating group) is 2. The summed E-state index contributed by atoms with van der Waals surface area (Å²) in [5.74, 6) is -1.67. The maximum absolute atomic E-state index is 13.2. The second-order valence-corrected chi connectivity index (χ2v) is 11.7. The Morgan fingerprint density at radius 2 is 2.15 bits per heavy atom. The van der Waals surface area contributed by atoms with Crippen LogP contribution in [0.15, 0.2) is 24.8 Å². The molecule has 2 fully saturated rings. The number of hydrogen-bond acceptors (Lipinski definition) is 9. The van der Waals surface area contributed by atoms with Crippen molar-refractivity contribution in [3.63, 3.8) is 0 Å². The number of carbonyl (C=O) groups excluding carboxylic acids is 4. The van der Waals surface area contributed by atoms with Crippen molar-refractivity contribution in [1.29, 1.82) is 0 Å². The van der Waals surface area contributed by atoms with E-state index in [-0.39, 0.29) is 37.1 Å². The van der Waals surface area contributed by atoms with E-state index in [0.717, 1.165) is 17.7 Å². The third kappa shape index (κ3) is 4.08. The second kappa shape index (κ2) is 9.86. The Hall–Kier alpha value is -3.48. The number of likely N-dealkylation sites (tertiary alicyclic amines) is 1. The first-order valence-electron chi connectivity index (χ1n) is 13.6. The van der Waals surface area contributed by atoms with Crippen LogP contribution < -0.4 is 25.6 Å². The summed E-state index contributed by atoms with van der Waals surface area (Å²) in [4.78, 5) is 49.9. The molecule has 4 N–H and O–H groups in total. The van der Waals surface area contributed by atoms with Crippen molar-refractivity contribution >= 4 is 23.8 Å². The second-order valence-electron chi connectivity index (χ2n) is 11.7. The molecule has 1 aromatic rings. The van der Waals surface area contributed by atoms with Gasteiger partial charge in [-0.3, -0.25) is 9.59 Å². The van der Waals surface area contributed by atoms with E-state index in [1.54, 1.807) is 6.07 Å². The molecule has 4 aliphatic rings. The van der Waals surface area contributed by atoms with Crippen molar-refractivity contribution in [2.75, 3.05) is 40.3 Å². The molecule has 40 heavy (non-hydrogen) atoms. The molecule has 0 radical (unpaired) electrons. The standard InChI is InChI=1S/C28H36N4O8/c1-4-12-32(3)13-9-27-22-16-5-6-19(23(22)40-24(27)18(33)7-8-28(27,38)20(32)14-16)39-26(37)31(2)11-10-30-25(36)17(29)15-21(34)35/h4-6,17,20,24,38H,1,7-15,29H2,2-3H3,(H-,30,34,35,36)/t17-,20+,24-,27-,28+,32?/m0/s1. The predicted molar refractivity (Wildman–Crippen MR) is 139 cm³/mol. The average Bonchev–Trinajstić information content (AvgIpc) is 3.26. The minimum atomic E-state index is -1.43. The Labute approximate surface area is 232 Å². The molecule has 0 aromatic heterocycles. The van der Waals surface area contributed by atoms with Gasteiger partial charge in [0.1, 0.15) is 11.6 Å². The fourth-order valence-corrected chi connectivity index (χ4v) is 7.43. The number of hydrogen-bond donors (Lipinski definition) is 3. The molecule has 12 nitrogen and oxygen atoms in total. The molecule has 2 aliphatic carbocycles. The maximum Gasteiger partial charge on any atom is 0.415 e. The van der Waals surface area contributed by atoms with Crippen molar-refractivity contribution in [3.05, 3.63) is 35.9 Å². The molecular weight excluding hydrogens is 520 g/mol. The number of nitrogens with zero attached hydrogens (tertiary/aromatic N) is 2. The van der Waals surface area contributed by atoms with Gasteiger partial charge in [0, 0.05) is 57.4 Å². The molecule has 2 heterocycles. The van der Waals surface area contributed by atoms with E-state index in [1.165, 1.54) is 11.9 Å². The number of Topliss-reactive ketones (excluding diaryl/α,β-unsaturated/α-hetero) is 1. The monoisotopic (exact) mass is 556 g/mol. The van der Waals surface area contributed by atoms with Gasteiger partial charge in [-0.15, -0.1) is 0 Å². The minimum absolute atomic E-state index is 0.0224. The van der Waals surface area contributed by atoms with Crippen molar-refractivity contribution in [2.24, 2.45) is 5.73 Å². The van der Waals surface area contributed by atoms with Crippen molar-refractivity contribution in [2.45, 2.75) is 61.3 Å². The molecular formula is C28H36N4O8. The van der Waals surface area contributed by atoms with Gasteiger partial charge in [-0.1, -0.05) is 12.6 Å². The largest absolute Gasteiger partial charge is 0.550 e. The molecule has 1 spiro atoms. The van der Waals surface area contributed by atoms with E-state index in [2.05, 4.69) is 18.9 Å². The van der Waals surface area contributed by atoms with Crippen LogP contribution in [0.4, 0.5) is 4.79 Å². The van der Waals surface area contributed by atoms with Crippen molar-refractivity contribution in [1.82, 2.24) is 10.2 Å². The van der Waals surface area contributed by atoms with Gasteiger partial charge in [0.05, 0.1) is 31.6 Å². The van der Waals surface area contributed by atoms with E-state index in [9.17, 15) is 29.4 Å². The molecule has 1 saturated heterocycles. The number of ketones is 1. The van der Waals surface area contributed by atoms with E-state index in [0.29, 0.717) is 36.0 Å². The van der Waals surface area contributed by atoms with Gasteiger partial charge in [-0.2, -0.15) is 0 Å². The summed E-state index contributed by atoms with van der Waals surface area (Å²) in [5, 5.41) is 25.5. The van der Waals surface area contributed by atoms with Crippen LogP contribution in [0.25, 0.3) is 0 Å². The molecule has 6 atom stereocenters. The zero-order chi connectivity index (χ0) is 29.0. The zero-order valence-corrected chi connectivity index (χ0v) is 22.8. The van der Waals surface area contributed by atoms with Crippen LogP contribution in [0.3, 0.4) is 0 Å². The lowest BCUT2D eigenvalue weighted by atomic mass is 9.48. The highest BCUT2D eigenvalue weighted by Crippen LogP contribution is 2.65. The van der Waals surface area contributed by atoms with Gasteiger partial charge in [-0.25, -0.2) is 4.79 Å². The van der Waals surface area contributed by atoms with Crippen LogP contribution >= 0.6 is 0 Å². The van der Waals surface area contributed by atoms with E-state index >= 15 is 0 Å². The molecule has 5 rings (SSSR count). The molecule has 2 bridgehead atoms. The van der Waals surface area contributed by atoms with E-state index < -0.39 is 47.6 Å². The van der Waals surface area contributed by atoms with Gasteiger partial charge in [0.25, 0.3) is 0 Å². The smallest absolute Gasteiger partial charge is 0.415 e. The number of rotatable bonds is 9. The SMILES string of the molecule is C=CC[N+]1(C)CC[C@]23c4c5ccc(OC(=O)N(C)CCNC(=O)[C@@H](N)CC(=O)[O-])c4O[C@H]2C(=O)CC[C@@]3(O)[C@H]1C5. The molecule has 12 heteroatoms. The summed E-state index contributed by atoms with van der Waals surface area (Å²) in [7, 11) is 3.62. The molecule has 1 aromatic carbocycles. The molecule has 2 aliphatic heterocycles. The number of nitrogens with one attached hydrogen (secondary N) is 1. The van der Waals surface area contributed by atoms with Crippen molar-refractivity contribution in [3.8, 4) is 11.5 Å². The number of nitrogens with two attached hydrogens (primary N) is 1. The van der Waals surface area contributed by atoms with Crippen LogP contribution in [0.5, 0.6) is 11.5 Å². The highest BCUT2D eigenvalue weighted by atomic mass is 16.6. The third-order valence-electron chi connectivity index (χ3n) is 9.41. The number of aliphatic hydroxyl groups is 1. The number of piperidine rings is 1. The number of aliphatic carboxylic acids is 1. The number of ether oxygens (including phenoxy) is 2. The fraction of sp³-hybridized carbons (Fsp3) is 0.571.